The summed E-state index contributed by atoms with van der Waals surface area (Å²) in [5.74, 6) is 0. The second-order valence-electron chi connectivity index (χ2n) is 2.79. The highest BCUT2D eigenvalue weighted by Gasteiger charge is 2.16. The number of hydrogen-bond acceptors (Lipinski definition) is 5. The van der Waals surface area contributed by atoms with Gasteiger partial charge in [-0.1, -0.05) is 0 Å². The van der Waals surface area contributed by atoms with Crippen molar-refractivity contribution in [1.82, 2.24) is 0 Å². The number of ether oxygens (including phenoxy) is 3. The summed E-state index contributed by atoms with van der Waals surface area (Å²) in [5.41, 5.74) is 0. The predicted molar refractivity (Wildman–Crippen MR) is 46.3 cm³/mol. The molecule has 3 unspecified atom stereocenters. The smallest absolute Gasteiger partial charge is 0.182 e. The molecule has 2 N–H and O–H groups in total. The molecule has 5 nitrogen and oxygen atoms in total. The molecule has 5 heteroatoms. The second kappa shape index (κ2) is 7.23. The molecule has 0 radical (unpaired) electrons. The summed E-state index contributed by atoms with van der Waals surface area (Å²) < 4.78 is 14.5. The van der Waals surface area contributed by atoms with Crippen LogP contribution in [0.25, 0.3) is 0 Å². The van der Waals surface area contributed by atoms with E-state index in [1.807, 2.05) is 6.92 Å². The molecule has 0 amide bonds. The van der Waals surface area contributed by atoms with Crippen molar-refractivity contribution in [2.45, 2.75) is 25.4 Å². The van der Waals surface area contributed by atoms with Crippen LogP contribution in [0.1, 0.15) is 6.92 Å². The fourth-order valence-electron chi connectivity index (χ4n) is 0.785. The third-order valence-corrected chi connectivity index (χ3v) is 1.52. The maximum atomic E-state index is 9.19. The van der Waals surface area contributed by atoms with Gasteiger partial charge in [-0.3, -0.25) is 0 Å². The Hall–Kier alpha value is -0.200. The van der Waals surface area contributed by atoms with Crippen LogP contribution in [0, 0.1) is 0 Å². The topological polar surface area (TPSA) is 68.2 Å². The van der Waals surface area contributed by atoms with E-state index in [4.69, 9.17) is 14.6 Å². The molecule has 0 saturated carbocycles. The molecule has 0 fully saturated rings. The van der Waals surface area contributed by atoms with Crippen molar-refractivity contribution in [3.8, 4) is 0 Å². The largest absolute Gasteiger partial charge is 0.385 e. The average Bonchev–Trinajstić information content (AvgIpc) is 2.13. The number of hydrogen-bond donors (Lipinski definition) is 2. The first-order valence-corrected chi connectivity index (χ1v) is 4.11. The normalized spacial score (nSPS) is 18.2. The van der Waals surface area contributed by atoms with E-state index in [9.17, 15) is 5.11 Å². The van der Waals surface area contributed by atoms with Gasteiger partial charge >= 0.3 is 0 Å². The molecule has 0 aliphatic rings. The Labute approximate surface area is 78.2 Å². The van der Waals surface area contributed by atoms with Gasteiger partial charge in [0.25, 0.3) is 0 Å². The van der Waals surface area contributed by atoms with E-state index >= 15 is 0 Å². The summed E-state index contributed by atoms with van der Waals surface area (Å²) >= 11 is 0. The first kappa shape index (κ1) is 12.8. The zero-order valence-electron chi connectivity index (χ0n) is 8.27. The average molecular weight is 194 g/mol. The molecule has 80 valence electrons. The van der Waals surface area contributed by atoms with Crippen LogP contribution in [0.2, 0.25) is 0 Å². The monoisotopic (exact) mass is 194 g/mol. The summed E-state index contributed by atoms with van der Waals surface area (Å²) in [6.07, 6.45) is -2.33. The molecule has 0 aromatic rings. The van der Waals surface area contributed by atoms with Crippen LogP contribution in [-0.4, -0.2) is 56.1 Å². The highest BCUT2D eigenvalue weighted by atomic mass is 16.6. The van der Waals surface area contributed by atoms with Gasteiger partial charge in [-0.05, 0) is 6.92 Å². The van der Waals surface area contributed by atoms with Crippen LogP contribution in [0.15, 0.2) is 0 Å². The van der Waals surface area contributed by atoms with Crippen molar-refractivity contribution in [1.29, 1.82) is 0 Å². The molecular weight excluding hydrogens is 176 g/mol. The summed E-state index contributed by atoms with van der Waals surface area (Å²) in [5, 5.41) is 18.2. The van der Waals surface area contributed by atoms with Crippen LogP contribution in [0.4, 0.5) is 0 Å². The lowest BCUT2D eigenvalue weighted by Gasteiger charge is -2.18. The maximum Gasteiger partial charge on any atom is 0.182 e. The Bertz CT molecular complexity index is 119. The second-order valence-corrected chi connectivity index (χ2v) is 2.79. The van der Waals surface area contributed by atoms with Gasteiger partial charge < -0.3 is 24.4 Å². The van der Waals surface area contributed by atoms with E-state index in [1.54, 1.807) is 7.11 Å². The molecule has 0 aliphatic heterocycles. The zero-order chi connectivity index (χ0) is 10.3. The minimum atomic E-state index is -1.20. The SMILES string of the molecule is COCC(C)OCC(O)C(O)OC. The standard InChI is InChI=1S/C8H18O5/c1-6(4-11-2)13-5-7(9)8(10)12-3/h6-10H,4-5H2,1-3H3. The highest BCUT2D eigenvalue weighted by molar-refractivity contribution is 4.58. The Balaban J connectivity index is 3.50. The number of aliphatic hydroxyl groups is 2. The maximum absolute atomic E-state index is 9.19. The van der Waals surface area contributed by atoms with Gasteiger partial charge in [0, 0.05) is 14.2 Å². The van der Waals surface area contributed by atoms with E-state index in [1.165, 1.54) is 7.11 Å². The molecule has 0 aliphatic carbocycles. The summed E-state index contributed by atoms with van der Waals surface area (Å²) in [4.78, 5) is 0. The van der Waals surface area contributed by atoms with Crippen molar-refractivity contribution in [2.75, 3.05) is 27.4 Å². The third kappa shape index (κ3) is 5.95. The summed E-state index contributed by atoms with van der Waals surface area (Å²) in [6.45, 7) is 2.30. The van der Waals surface area contributed by atoms with Crippen molar-refractivity contribution in [2.24, 2.45) is 0 Å². The fraction of sp³-hybridized carbons (Fsp3) is 1.00. The van der Waals surface area contributed by atoms with Gasteiger partial charge in [-0.15, -0.1) is 0 Å². The van der Waals surface area contributed by atoms with Crippen LogP contribution >= 0.6 is 0 Å². The van der Waals surface area contributed by atoms with E-state index in [0.29, 0.717) is 6.61 Å². The Morgan fingerprint density at radius 2 is 1.77 bits per heavy atom. The Morgan fingerprint density at radius 3 is 2.23 bits per heavy atom. The van der Waals surface area contributed by atoms with Gasteiger partial charge in [-0.25, -0.2) is 0 Å². The lowest BCUT2D eigenvalue weighted by molar-refractivity contribution is -0.167. The quantitative estimate of drug-likeness (QED) is 0.528. The fourth-order valence-corrected chi connectivity index (χ4v) is 0.785. The van der Waals surface area contributed by atoms with Crippen LogP contribution < -0.4 is 0 Å². The molecule has 13 heavy (non-hydrogen) atoms. The molecule has 0 heterocycles. The van der Waals surface area contributed by atoms with Gasteiger partial charge in [0.2, 0.25) is 0 Å². The van der Waals surface area contributed by atoms with Gasteiger partial charge in [0.1, 0.15) is 6.10 Å². The van der Waals surface area contributed by atoms with Crippen molar-refractivity contribution in [3.63, 3.8) is 0 Å². The minimum absolute atomic E-state index is 0.0273. The Kier molecular flexibility index (Phi) is 7.12. The molecule has 0 bridgehead atoms. The van der Waals surface area contributed by atoms with Crippen molar-refractivity contribution < 1.29 is 24.4 Å². The van der Waals surface area contributed by atoms with E-state index < -0.39 is 12.4 Å². The molecule has 0 spiro atoms. The Morgan fingerprint density at radius 1 is 1.15 bits per heavy atom. The lowest BCUT2D eigenvalue weighted by Crippen LogP contribution is -2.33. The first-order valence-electron chi connectivity index (χ1n) is 4.11. The summed E-state index contributed by atoms with van der Waals surface area (Å²) in [6, 6.07) is 0. The van der Waals surface area contributed by atoms with Crippen molar-refractivity contribution in [3.05, 3.63) is 0 Å². The molecule has 0 saturated heterocycles. The van der Waals surface area contributed by atoms with Gasteiger partial charge in [0.15, 0.2) is 6.29 Å². The van der Waals surface area contributed by atoms with Gasteiger partial charge in [0.05, 0.1) is 19.3 Å². The van der Waals surface area contributed by atoms with E-state index in [0.717, 1.165) is 0 Å². The van der Waals surface area contributed by atoms with Crippen LogP contribution in [0.3, 0.4) is 0 Å². The number of rotatable bonds is 7. The molecule has 0 aromatic carbocycles. The first-order chi connectivity index (χ1) is 6.11. The number of methoxy groups -OCH3 is 2. The number of aliphatic hydroxyl groups excluding tert-OH is 2. The van der Waals surface area contributed by atoms with E-state index in [-0.39, 0.29) is 12.7 Å². The van der Waals surface area contributed by atoms with Crippen molar-refractivity contribution >= 4 is 0 Å². The van der Waals surface area contributed by atoms with E-state index in [2.05, 4.69) is 4.74 Å². The minimum Gasteiger partial charge on any atom is -0.385 e. The molecule has 0 rings (SSSR count). The third-order valence-electron chi connectivity index (χ3n) is 1.52. The molecule has 0 aromatic heterocycles. The molecule has 3 atom stereocenters. The molecular formula is C8H18O5. The lowest BCUT2D eigenvalue weighted by atomic mass is 10.3. The highest BCUT2D eigenvalue weighted by Crippen LogP contribution is 1.98. The van der Waals surface area contributed by atoms with Gasteiger partial charge in [-0.2, -0.15) is 0 Å². The summed E-state index contributed by atoms with van der Waals surface area (Å²) in [7, 11) is 2.88. The van der Waals surface area contributed by atoms with Crippen LogP contribution in [-0.2, 0) is 14.2 Å². The predicted octanol–water partition coefficient (Wildman–Crippen LogP) is -0.636. The van der Waals surface area contributed by atoms with Crippen LogP contribution in [0.5, 0.6) is 0 Å². The zero-order valence-corrected chi connectivity index (χ0v) is 8.27.